The summed E-state index contributed by atoms with van der Waals surface area (Å²) < 4.78 is 32.2. The summed E-state index contributed by atoms with van der Waals surface area (Å²) in [6.45, 7) is 2.96. The second kappa shape index (κ2) is 5.73. The molecule has 0 spiro atoms. The number of furan rings is 1. The van der Waals surface area contributed by atoms with Gasteiger partial charge in [-0.25, -0.2) is 18.1 Å². The number of aromatic nitrogens is 3. The van der Waals surface area contributed by atoms with Crippen molar-refractivity contribution in [3.8, 4) is 0 Å². The van der Waals surface area contributed by atoms with Crippen molar-refractivity contribution in [3.05, 3.63) is 29.2 Å². The van der Waals surface area contributed by atoms with E-state index >= 15 is 0 Å². The minimum absolute atomic E-state index is 0.00932. The fourth-order valence-corrected chi connectivity index (χ4v) is 3.44. The summed E-state index contributed by atoms with van der Waals surface area (Å²) >= 11 is 0. The first kappa shape index (κ1) is 14.7. The Balaban J connectivity index is 2.14. The molecule has 0 fully saturated rings. The van der Waals surface area contributed by atoms with Crippen LogP contribution >= 0.6 is 0 Å². The zero-order valence-corrected chi connectivity index (χ0v) is 12.0. The maximum Gasteiger partial charge on any atom is 0.244 e. The van der Waals surface area contributed by atoms with Crippen LogP contribution in [0.3, 0.4) is 0 Å². The van der Waals surface area contributed by atoms with Gasteiger partial charge < -0.3 is 9.52 Å². The minimum atomic E-state index is -3.73. The molecule has 0 unspecified atom stereocenters. The fraction of sp³-hybridized carbons (Fsp3) is 0.455. The maximum absolute atomic E-state index is 12.2. The summed E-state index contributed by atoms with van der Waals surface area (Å²) in [4.78, 5) is 3.91. The van der Waals surface area contributed by atoms with Crippen molar-refractivity contribution < 1.29 is 17.9 Å². The van der Waals surface area contributed by atoms with Gasteiger partial charge in [0.25, 0.3) is 0 Å². The lowest BCUT2D eigenvalue weighted by Crippen LogP contribution is -2.27. The van der Waals surface area contributed by atoms with Gasteiger partial charge in [-0.15, -0.1) is 0 Å². The second-order valence-electron chi connectivity index (χ2n) is 4.26. The van der Waals surface area contributed by atoms with E-state index in [1.807, 2.05) is 0 Å². The molecule has 2 aromatic heterocycles. The van der Waals surface area contributed by atoms with Crippen LogP contribution < -0.4 is 4.72 Å². The molecule has 2 rings (SSSR count). The van der Waals surface area contributed by atoms with Crippen LogP contribution in [0.2, 0.25) is 0 Å². The van der Waals surface area contributed by atoms with E-state index in [1.165, 1.54) is 6.33 Å². The van der Waals surface area contributed by atoms with E-state index in [4.69, 9.17) is 4.42 Å². The summed E-state index contributed by atoms with van der Waals surface area (Å²) in [5.41, 5.74) is 0.287. The standard InChI is InChI=1S/C11H16N4O4S/c1-7-9(5-16)11(8(2)19-7)20(17,18)14-4-3-10-12-6-13-15-10/h6,14,16H,3-5H2,1-2H3,(H,12,13,15). The number of nitrogens with zero attached hydrogens (tertiary/aromatic N) is 2. The molecule has 8 nitrogen and oxygen atoms in total. The second-order valence-corrected chi connectivity index (χ2v) is 5.96. The summed E-state index contributed by atoms with van der Waals surface area (Å²) in [6.07, 6.45) is 1.75. The molecular formula is C11H16N4O4S. The molecule has 0 saturated heterocycles. The lowest BCUT2D eigenvalue weighted by Gasteiger charge is -2.06. The number of hydrogen-bond donors (Lipinski definition) is 3. The van der Waals surface area contributed by atoms with Gasteiger partial charge in [-0.1, -0.05) is 0 Å². The first-order valence-electron chi connectivity index (χ1n) is 5.99. The molecular weight excluding hydrogens is 284 g/mol. The van der Waals surface area contributed by atoms with Gasteiger partial charge in [-0.2, -0.15) is 5.10 Å². The van der Waals surface area contributed by atoms with E-state index in [-0.39, 0.29) is 29.4 Å². The molecule has 0 aliphatic carbocycles. The van der Waals surface area contributed by atoms with E-state index in [2.05, 4.69) is 19.9 Å². The minimum Gasteiger partial charge on any atom is -0.465 e. The molecule has 2 heterocycles. The SMILES string of the molecule is Cc1oc(C)c(S(=O)(=O)NCCc2ncn[nH]2)c1CO. The Hall–Kier alpha value is -1.71. The normalized spacial score (nSPS) is 11.9. The third-order valence-corrected chi connectivity index (χ3v) is 4.53. The molecule has 2 aromatic rings. The van der Waals surface area contributed by atoms with E-state index in [0.717, 1.165) is 0 Å². The smallest absolute Gasteiger partial charge is 0.244 e. The van der Waals surface area contributed by atoms with Crippen LogP contribution in [-0.4, -0.2) is 35.3 Å². The number of sulfonamides is 1. The third-order valence-electron chi connectivity index (χ3n) is 2.87. The average molecular weight is 300 g/mol. The van der Waals surface area contributed by atoms with Crippen molar-refractivity contribution in [3.63, 3.8) is 0 Å². The molecule has 110 valence electrons. The number of aliphatic hydroxyl groups is 1. The van der Waals surface area contributed by atoms with Crippen molar-refractivity contribution in [2.75, 3.05) is 6.54 Å². The van der Waals surface area contributed by atoms with Gasteiger partial charge in [0.15, 0.2) is 0 Å². The van der Waals surface area contributed by atoms with Crippen molar-refractivity contribution in [2.45, 2.75) is 31.8 Å². The van der Waals surface area contributed by atoms with Gasteiger partial charge in [0.05, 0.1) is 6.61 Å². The summed E-state index contributed by atoms with van der Waals surface area (Å²) in [5, 5.41) is 15.6. The predicted octanol–water partition coefficient (Wildman–Crippen LogP) is 0.0278. The van der Waals surface area contributed by atoms with Crippen LogP contribution in [0.15, 0.2) is 15.6 Å². The van der Waals surface area contributed by atoms with Crippen LogP contribution in [0.4, 0.5) is 0 Å². The highest BCUT2D eigenvalue weighted by atomic mass is 32.2. The van der Waals surface area contributed by atoms with Crippen LogP contribution in [0.5, 0.6) is 0 Å². The van der Waals surface area contributed by atoms with Crippen molar-refractivity contribution in [2.24, 2.45) is 0 Å². The lowest BCUT2D eigenvalue weighted by molar-refractivity contribution is 0.276. The summed E-state index contributed by atoms with van der Waals surface area (Å²) in [6, 6.07) is 0. The van der Waals surface area contributed by atoms with Gasteiger partial charge in [0, 0.05) is 18.5 Å². The maximum atomic E-state index is 12.2. The molecule has 9 heteroatoms. The zero-order valence-electron chi connectivity index (χ0n) is 11.2. The molecule has 0 amide bonds. The van der Waals surface area contributed by atoms with Crippen molar-refractivity contribution in [1.29, 1.82) is 0 Å². The third kappa shape index (κ3) is 2.89. The topological polar surface area (TPSA) is 121 Å². The highest BCUT2D eigenvalue weighted by Crippen LogP contribution is 2.26. The van der Waals surface area contributed by atoms with Crippen molar-refractivity contribution >= 4 is 10.0 Å². The number of hydrogen-bond acceptors (Lipinski definition) is 6. The predicted molar refractivity (Wildman–Crippen MR) is 69.4 cm³/mol. The number of aliphatic hydroxyl groups excluding tert-OH is 1. The number of nitrogens with one attached hydrogen (secondary N) is 2. The Morgan fingerprint density at radius 3 is 2.75 bits per heavy atom. The summed E-state index contributed by atoms with van der Waals surface area (Å²) in [5.74, 6) is 1.26. The molecule has 0 radical (unpaired) electrons. The van der Waals surface area contributed by atoms with Crippen LogP contribution in [0.25, 0.3) is 0 Å². The molecule has 3 N–H and O–H groups in total. The summed E-state index contributed by atoms with van der Waals surface area (Å²) in [7, 11) is -3.73. The Morgan fingerprint density at radius 1 is 1.40 bits per heavy atom. The molecule has 0 aliphatic rings. The Kier molecular flexibility index (Phi) is 4.21. The molecule has 0 bridgehead atoms. The fourth-order valence-electron chi connectivity index (χ4n) is 1.97. The Bertz CT molecular complexity index is 676. The van der Waals surface area contributed by atoms with Crippen molar-refractivity contribution in [1.82, 2.24) is 19.9 Å². The van der Waals surface area contributed by atoms with Crippen LogP contribution in [0, 0.1) is 13.8 Å². The number of H-pyrrole nitrogens is 1. The monoisotopic (exact) mass is 300 g/mol. The van der Waals surface area contributed by atoms with E-state index < -0.39 is 10.0 Å². The molecule has 0 saturated carbocycles. The van der Waals surface area contributed by atoms with E-state index in [0.29, 0.717) is 18.0 Å². The number of aryl methyl sites for hydroxylation is 2. The molecule has 0 atom stereocenters. The lowest BCUT2D eigenvalue weighted by atomic mass is 10.2. The molecule has 20 heavy (non-hydrogen) atoms. The Labute approximate surface area is 116 Å². The van der Waals surface area contributed by atoms with Gasteiger partial charge in [-0.3, -0.25) is 5.10 Å². The number of rotatable bonds is 6. The van der Waals surface area contributed by atoms with Crippen LogP contribution in [-0.2, 0) is 23.1 Å². The van der Waals surface area contributed by atoms with E-state index in [1.54, 1.807) is 13.8 Å². The highest BCUT2D eigenvalue weighted by molar-refractivity contribution is 7.89. The first-order valence-corrected chi connectivity index (χ1v) is 7.47. The average Bonchev–Trinajstić information content (AvgIpc) is 2.96. The van der Waals surface area contributed by atoms with Gasteiger partial charge in [0.2, 0.25) is 10.0 Å². The Morgan fingerprint density at radius 2 is 2.15 bits per heavy atom. The number of aromatic amines is 1. The zero-order chi connectivity index (χ0) is 14.8. The van der Waals surface area contributed by atoms with Gasteiger partial charge in [0.1, 0.15) is 28.6 Å². The quantitative estimate of drug-likeness (QED) is 0.692. The van der Waals surface area contributed by atoms with E-state index in [9.17, 15) is 13.5 Å². The van der Waals surface area contributed by atoms with Crippen LogP contribution in [0.1, 0.15) is 22.9 Å². The molecule has 0 aliphatic heterocycles. The molecule has 0 aromatic carbocycles. The highest BCUT2D eigenvalue weighted by Gasteiger charge is 2.26. The van der Waals surface area contributed by atoms with Gasteiger partial charge in [-0.05, 0) is 13.8 Å². The first-order chi connectivity index (χ1) is 9.45. The van der Waals surface area contributed by atoms with Gasteiger partial charge >= 0.3 is 0 Å². The largest absolute Gasteiger partial charge is 0.465 e.